The van der Waals surface area contributed by atoms with E-state index in [0.717, 1.165) is 10.4 Å². The average Bonchev–Trinajstić information content (AvgIpc) is 1.97. The van der Waals surface area contributed by atoms with Crippen LogP contribution in [0.5, 0.6) is 0 Å². The lowest BCUT2D eigenvalue weighted by molar-refractivity contribution is -0.782. The number of halogens is 3. The number of aliphatic imine (C=N–C) groups is 1. The summed E-state index contributed by atoms with van der Waals surface area (Å²) in [6, 6.07) is 0. The Hall–Kier alpha value is -0.870. The minimum atomic E-state index is -5.84. The molecule has 0 amide bonds. The molecule has 0 saturated heterocycles. The van der Waals surface area contributed by atoms with Gasteiger partial charge in [0.1, 0.15) is 0 Å². The van der Waals surface area contributed by atoms with E-state index >= 15 is 0 Å². The average molecular weight is 294 g/mol. The van der Waals surface area contributed by atoms with Crippen molar-refractivity contribution in [2.45, 2.75) is 5.51 Å². The van der Waals surface area contributed by atoms with Gasteiger partial charge >= 0.3 is 15.6 Å². The van der Waals surface area contributed by atoms with Crippen LogP contribution in [0.25, 0.3) is 0 Å². The Kier molecular flexibility index (Phi) is 6.86. The van der Waals surface area contributed by atoms with E-state index in [2.05, 4.69) is 26.1 Å². The largest absolute Gasteiger partial charge is 0.522 e. The summed E-state index contributed by atoms with van der Waals surface area (Å²) in [4.78, 5) is 6.20. The summed E-state index contributed by atoms with van der Waals surface area (Å²) < 4.78 is 58.3. The van der Waals surface area contributed by atoms with Gasteiger partial charge in [-0.25, -0.2) is 4.99 Å². The molecule has 0 spiro atoms. The molecule has 0 aromatic heterocycles. The highest BCUT2D eigenvalue weighted by atomic mass is 32.2. The third-order valence-corrected chi connectivity index (χ3v) is 2.08. The van der Waals surface area contributed by atoms with Crippen LogP contribution in [-0.2, 0) is 10.1 Å². The Morgan fingerprint density at radius 2 is 1.50 bits per heavy atom. The number of guanidine groups is 1. The van der Waals surface area contributed by atoms with Gasteiger partial charge in [0, 0.05) is 21.1 Å². The lowest BCUT2D eigenvalue weighted by atomic mass is 10.6. The van der Waals surface area contributed by atoms with Gasteiger partial charge in [-0.3, -0.25) is 9.04 Å². The van der Waals surface area contributed by atoms with Crippen LogP contribution in [0.2, 0.25) is 0 Å². The van der Waals surface area contributed by atoms with Crippen molar-refractivity contribution >= 4 is 16.1 Å². The molecule has 0 aliphatic rings. The zero-order valence-electron chi connectivity index (χ0n) is 11.1. The fraction of sp³-hybridized carbons (Fsp3) is 0.875. The van der Waals surface area contributed by atoms with Crippen LogP contribution in [0.15, 0.2) is 4.99 Å². The number of rotatable bonds is 0. The molecule has 110 valence electrons. The molecular weight excluding hydrogens is 275 g/mol. The van der Waals surface area contributed by atoms with E-state index in [0.29, 0.717) is 0 Å². The fourth-order valence-corrected chi connectivity index (χ4v) is 1.10. The van der Waals surface area contributed by atoms with Crippen LogP contribution in [0.4, 0.5) is 13.2 Å². The zero-order chi connectivity index (χ0) is 15.4. The lowest BCUT2D eigenvalue weighted by Crippen LogP contribution is -2.48. The van der Waals surface area contributed by atoms with Gasteiger partial charge in [-0.05, 0) is 0 Å². The molecule has 0 aromatic carbocycles. The third-order valence-electron chi connectivity index (χ3n) is 1.49. The molecule has 6 nitrogen and oxygen atoms in total. The topological polar surface area (TPSA) is 70.0 Å². The predicted octanol–water partition coefficient (Wildman–Crippen LogP) is 0.634. The van der Waals surface area contributed by atoms with Gasteiger partial charge in [-0.15, -0.1) is 0 Å². The second-order valence-corrected chi connectivity index (χ2v) is 5.76. The molecule has 0 saturated carbocycles. The molecule has 0 unspecified atom stereocenters. The smallest absolute Gasteiger partial charge is 0.317 e. The summed E-state index contributed by atoms with van der Waals surface area (Å²) in [6.45, 7) is 0. The van der Waals surface area contributed by atoms with E-state index in [-0.39, 0.29) is 0 Å². The Balaban J connectivity index is 0. The summed E-state index contributed by atoms with van der Waals surface area (Å²) in [5.41, 5.74) is -5.53. The monoisotopic (exact) mass is 294 g/mol. The van der Waals surface area contributed by atoms with Crippen molar-refractivity contribution in [1.29, 1.82) is 0 Å². The minimum absolute atomic E-state index is 0.767. The van der Waals surface area contributed by atoms with E-state index in [9.17, 15) is 13.2 Å². The van der Waals surface area contributed by atoms with E-state index < -0.39 is 15.6 Å². The SMILES string of the molecule is CN=C(N(C)C)[N+](C)(C)C.O=S(=O)(O)C(F)(F)F. The molecule has 0 aromatic rings. The number of hydrogen-bond acceptors (Lipinski definition) is 3. The molecular formula is C8H19F3N3O3S+. The molecule has 0 aliphatic heterocycles. The molecule has 10 heteroatoms. The van der Waals surface area contributed by atoms with Crippen molar-refractivity contribution in [2.24, 2.45) is 4.99 Å². The molecule has 0 atom stereocenters. The Labute approximate surface area is 105 Å². The summed E-state index contributed by atoms with van der Waals surface area (Å²) in [7, 11) is 6.29. The first-order chi connectivity index (χ1) is 7.64. The van der Waals surface area contributed by atoms with Crippen LogP contribution < -0.4 is 0 Å². The van der Waals surface area contributed by atoms with Gasteiger partial charge in [-0.2, -0.15) is 21.6 Å². The van der Waals surface area contributed by atoms with Crippen LogP contribution in [-0.4, -0.2) is 76.1 Å². The summed E-state index contributed by atoms with van der Waals surface area (Å²) in [5.74, 6) is 1.07. The molecule has 0 radical (unpaired) electrons. The van der Waals surface area contributed by atoms with Crippen LogP contribution in [0.1, 0.15) is 0 Å². The fourth-order valence-electron chi connectivity index (χ4n) is 1.10. The maximum atomic E-state index is 10.7. The first-order valence-corrected chi connectivity index (χ1v) is 6.08. The van der Waals surface area contributed by atoms with Crippen LogP contribution in [0.3, 0.4) is 0 Å². The van der Waals surface area contributed by atoms with Gasteiger partial charge in [0.25, 0.3) is 5.96 Å². The number of quaternary nitrogens is 1. The molecule has 1 N–H and O–H groups in total. The van der Waals surface area contributed by atoms with Gasteiger partial charge in [0.15, 0.2) is 0 Å². The van der Waals surface area contributed by atoms with Crippen molar-refractivity contribution in [3.63, 3.8) is 0 Å². The van der Waals surface area contributed by atoms with E-state index in [4.69, 9.17) is 13.0 Å². The van der Waals surface area contributed by atoms with Crippen LogP contribution in [0, 0.1) is 0 Å². The van der Waals surface area contributed by atoms with E-state index in [1.165, 1.54) is 0 Å². The van der Waals surface area contributed by atoms with Gasteiger partial charge < -0.3 is 4.90 Å². The molecule has 0 bridgehead atoms. The highest BCUT2D eigenvalue weighted by Gasteiger charge is 2.44. The van der Waals surface area contributed by atoms with Crippen molar-refractivity contribution in [2.75, 3.05) is 42.3 Å². The first kappa shape index (κ1) is 19.5. The van der Waals surface area contributed by atoms with Crippen molar-refractivity contribution in [3.05, 3.63) is 0 Å². The zero-order valence-corrected chi connectivity index (χ0v) is 12.0. The Bertz CT molecular complexity index is 383. The third kappa shape index (κ3) is 7.45. The standard InChI is InChI=1S/C7H18N3.CHF3O3S/c1-8-7(9(2)3)10(4,5)6;2-1(3,4)8(5,6)7/h1-6H3;(H,5,6,7)/q+1;. The Morgan fingerprint density at radius 3 is 1.50 bits per heavy atom. The summed E-state index contributed by atoms with van der Waals surface area (Å²) in [5, 5.41) is 0. The Morgan fingerprint density at radius 1 is 1.22 bits per heavy atom. The highest BCUT2D eigenvalue weighted by Crippen LogP contribution is 2.20. The van der Waals surface area contributed by atoms with Gasteiger partial charge in [0.05, 0.1) is 21.1 Å². The number of hydrogen-bond donors (Lipinski definition) is 1. The number of alkyl halides is 3. The maximum Gasteiger partial charge on any atom is 0.522 e. The van der Waals surface area contributed by atoms with Crippen molar-refractivity contribution in [3.8, 4) is 0 Å². The molecule has 0 heterocycles. The highest BCUT2D eigenvalue weighted by molar-refractivity contribution is 7.86. The van der Waals surface area contributed by atoms with Gasteiger partial charge in [-0.1, -0.05) is 0 Å². The minimum Gasteiger partial charge on any atom is -0.317 e. The van der Waals surface area contributed by atoms with Crippen molar-refractivity contribution in [1.82, 2.24) is 4.90 Å². The first-order valence-electron chi connectivity index (χ1n) is 4.64. The quantitative estimate of drug-likeness (QED) is 0.234. The molecule has 0 rings (SSSR count). The van der Waals surface area contributed by atoms with Gasteiger partial charge in [0.2, 0.25) is 0 Å². The summed E-state index contributed by atoms with van der Waals surface area (Å²) >= 11 is 0. The van der Waals surface area contributed by atoms with E-state index in [1.807, 2.05) is 26.0 Å². The maximum absolute atomic E-state index is 10.7. The second kappa shape index (κ2) is 6.34. The molecule has 0 aliphatic carbocycles. The normalized spacial score (nSPS) is 13.8. The molecule has 0 fully saturated rings. The predicted molar refractivity (Wildman–Crippen MR) is 62.7 cm³/mol. The summed E-state index contributed by atoms with van der Waals surface area (Å²) in [6.07, 6.45) is 0. The lowest BCUT2D eigenvalue weighted by Gasteiger charge is -2.28. The number of nitrogens with zero attached hydrogens (tertiary/aromatic N) is 3. The van der Waals surface area contributed by atoms with E-state index in [1.54, 1.807) is 0 Å². The van der Waals surface area contributed by atoms with Crippen molar-refractivity contribution < 1.29 is 30.6 Å². The molecule has 18 heavy (non-hydrogen) atoms. The second-order valence-electron chi connectivity index (χ2n) is 4.35. The van der Waals surface area contributed by atoms with Crippen LogP contribution >= 0.6 is 0 Å².